The lowest BCUT2D eigenvalue weighted by molar-refractivity contribution is -0.318. The number of cyclic esters (lactones) is 1. The Kier molecular flexibility index (Phi) is 4.49. The molecular formula is C16H12ClF3N2O3. The van der Waals surface area contributed by atoms with Crippen LogP contribution in [0.2, 0.25) is 5.02 Å². The van der Waals surface area contributed by atoms with Gasteiger partial charge < -0.3 is 9.84 Å². The molecule has 1 atom stereocenters. The third-order valence-corrected chi connectivity index (χ3v) is 3.85. The lowest BCUT2D eigenvalue weighted by Gasteiger charge is -2.30. The van der Waals surface area contributed by atoms with Crippen LogP contribution in [0.3, 0.4) is 0 Å². The Hall–Kier alpha value is -2.45. The standard InChI is InChI=1S/C16H12ClF3N2O3/c17-12-6-7-13(23)11(8-12)9-21-15(24)25-14(22(21)16(18,19)20)10-4-2-1-3-5-10/h1-8,14,23H,9H2. The van der Waals surface area contributed by atoms with Crippen LogP contribution in [0, 0.1) is 0 Å². The number of benzene rings is 2. The molecule has 25 heavy (non-hydrogen) atoms. The Morgan fingerprint density at radius 2 is 1.84 bits per heavy atom. The number of ether oxygens (including phenoxy) is 1. The van der Waals surface area contributed by atoms with Gasteiger partial charge in [-0.2, -0.15) is 13.2 Å². The minimum absolute atomic E-state index is 0.0624. The van der Waals surface area contributed by atoms with E-state index in [4.69, 9.17) is 16.3 Å². The smallest absolute Gasteiger partial charge is 0.481 e. The molecule has 0 aromatic heterocycles. The van der Waals surface area contributed by atoms with Crippen molar-refractivity contribution in [2.45, 2.75) is 19.1 Å². The van der Waals surface area contributed by atoms with Gasteiger partial charge in [-0.3, -0.25) is 0 Å². The highest BCUT2D eigenvalue weighted by molar-refractivity contribution is 6.30. The topological polar surface area (TPSA) is 53.0 Å². The first-order valence-electron chi connectivity index (χ1n) is 7.14. The number of carbonyl (C=O) groups excluding carboxylic acids is 1. The van der Waals surface area contributed by atoms with Crippen molar-refractivity contribution < 1.29 is 27.8 Å². The molecule has 1 aliphatic rings. The summed E-state index contributed by atoms with van der Waals surface area (Å²) in [5, 5.41) is 10.3. The maximum atomic E-state index is 13.6. The Balaban J connectivity index is 1.97. The zero-order valence-corrected chi connectivity index (χ0v) is 13.3. The van der Waals surface area contributed by atoms with Crippen LogP contribution in [0.1, 0.15) is 17.4 Å². The summed E-state index contributed by atoms with van der Waals surface area (Å²) in [5.74, 6) is -0.275. The zero-order valence-electron chi connectivity index (χ0n) is 12.6. The molecule has 0 bridgehead atoms. The molecule has 1 saturated heterocycles. The molecule has 1 heterocycles. The molecule has 0 aliphatic carbocycles. The van der Waals surface area contributed by atoms with Gasteiger partial charge in [-0.15, -0.1) is 0 Å². The number of alkyl halides is 3. The second-order valence-electron chi connectivity index (χ2n) is 5.29. The van der Waals surface area contributed by atoms with E-state index in [9.17, 15) is 23.1 Å². The molecular weight excluding hydrogens is 361 g/mol. The van der Waals surface area contributed by atoms with Crippen molar-refractivity contribution in [1.29, 1.82) is 0 Å². The quantitative estimate of drug-likeness (QED) is 0.810. The SMILES string of the molecule is O=C1OC(c2ccccc2)N(C(F)(F)F)N1Cc1cc(Cl)ccc1O. The number of hydrogen-bond acceptors (Lipinski definition) is 4. The lowest BCUT2D eigenvalue weighted by Crippen LogP contribution is -2.48. The number of aromatic hydroxyl groups is 1. The van der Waals surface area contributed by atoms with Crippen LogP contribution in [0.4, 0.5) is 18.0 Å². The number of rotatable bonds is 3. The van der Waals surface area contributed by atoms with Gasteiger partial charge in [0.2, 0.25) is 6.23 Å². The van der Waals surface area contributed by atoms with Crippen molar-refractivity contribution >= 4 is 17.7 Å². The molecule has 2 aromatic carbocycles. The van der Waals surface area contributed by atoms with Gasteiger partial charge in [-0.05, 0) is 18.2 Å². The van der Waals surface area contributed by atoms with Crippen molar-refractivity contribution in [2.24, 2.45) is 0 Å². The normalized spacial score (nSPS) is 18.5. The van der Waals surface area contributed by atoms with Crippen molar-refractivity contribution in [2.75, 3.05) is 0 Å². The van der Waals surface area contributed by atoms with E-state index in [1.807, 2.05) is 0 Å². The average molecular weight is 373 g/mol. The van der Waals surface area contributed by atoms with Crippen LogP contribution in [-0.4, -0.2) is 27.5 Å². The number of hydrazine groups is 1. The van der Waals surface area contributed by atoms with Gasteiger partial charge in [0.15, 0.2) is 0 Å². The third-order valence-electron chi connectivity index (χ3n) is 3.61. The van der Waals surface area contributed by atoms with E-state index in [2.05, 4.69) is 0 Å². The summed E-state index contributed by atoms with van der Waals surface area (Å²) in [5.41, 5.74) is 0.235. The van der Waals surface area contributed by atoms with Gasteiger partial charge >= 0.3 is 12.4 Å². The van der Waals surface area contributed by atoms with Crippen LogP contribution in [-0.2, 0) is 11.3 Å². The van der Waals surface area contributed by atoms with E-state index >= 15 is 0 Å². The number of phenolic OH excluding ortho intramolecular Hbond substituents is 1. The summed E-state index contributed by atoms with van der Waals surface area (Å²) in [6.45, 7) is -0.548. The number of phenols is 1. The summed E-state index contributed by atoms with van der Waals surface area (Å²) in [6, 6.07) is 11.5. The van der Waals surface area contributed by atoms with Gasteiger partial charge in [0, 0.05) is 16.1 Å². The van der Waals surface area contributed by atoms with E-state index in [1.54, 1.807) is 18.2 Å². The molecule has 5 nitrogen and oxygen atoms in total. The molecule has 0 spiro atoms. The molecule has 132 valence electrons. The predicted molar refractivity (Wildman–Crippen MR) is 82.2 cm³/mol. The average Bonchev–Trinajstić information content (AvgIpc) is 2.89. The summed E-state index contributed by atoms with van der Waals surface area (Å²) >= 11 is 5.81. The van der Waals surface area contributed by atoms with Crippen LogP contribution in [0.5, 0.6) is 5.75 Å². The van der Waals surface area contributed by atoms with Crippen LogP contribution >= 0.6 is 11.6 Å². The molecule has 1 aliphatic heterocycles. The first kappa shape index (κ1) is 17.4. The first-order valence-corrected chi connectivity index (χ1v) is 7.51. The fourth-order valence-corrected chi connectivity index (χ4v) is 2.70. The van der Waals surface area contributed by atoms with E-state index in [1.165, 1.54) is 30.3 Å². The highest BCUT2D eigenvalue weighted by atomic mass is 35.5. The maximum absolute atomic E-state index is 13.6. The number of carbonyl (C=O) groups is 1. The third kappa shape index (κ3) is 3.49. The summed E-state index contributed by atoms with van der Waals surface area (Å²) in [6.07, 6.45) is -7.69. The molecule has 0 saturated carbocycles. The van der Waals surface area contributed by atoms with Crippen LogP contribution in [0.25, 0.3) is 0 Å². The maximum Gasteiger partial charge on any atom is 0.481 e. The van der Waals surface area contributed by atoms with E-state index in [0.29, 0.717) is 5.01 Å². The monoisotopic (exact) mass is 372 g/mol. The molecule has 1 N–H and O–H groups in total. The predicted octanol–water partition coefficient (Wildman–Crippen LogP) is 4.43. The molecule has 9 heteroatoms. The Labute approximate surface area is 145 Å². The molecule has 2 aromatic rings. The molecule has 1 fully saturated rings. The lowest BCUT2D eigenvalue weighted by atomic mass is 10.2. The summed E-state index contributed by atoms with van der Waals surface area (Å²) in [4.78, 5) is 12.1. The highest BCUT2D eigenvalue weighted by Crippen LogP contribution is 2.41. The largest absolute Gasteiger partial charge is 0.508 e. The Bertz CT molecular complexity index is 786. The van der Waals surface area contributed by atoms with E-state index in [0.717, 1.165) is 0 Å². The van der Waals surface area contributed by atoms with Crippen molar-refractivity contribution in [3.05, 3.63) is 64.7 Å². The first-order chi connectivity index (χ1) is 11.8. The van der Waals surface area contributed by atoms with Crippen LogP contribution < -0.4 is 0 Å². The zero-order chi connectivity index (χ0) is 18.2. The van der Waals surface area contributed by atoms with Crippen molar-refractivity contribution in [3.8, 4) is 5.75 Å². The van der Waals surface area contributed by atoms with Gasteiger partial charge in [0.05, 0.1) is 6.54 Å². The molecule has 0 radical (unpaired) electrons. The van der Waals surface area contributed by atoms with E-state index in [-0.39, 0.29) is 26.9 Å². The summed E-state index contributed by atoms with van der Waals surface area (Å²) < 4.78 is 45.6. The van der Waals surface area contributed by atoms with Gasteiger partial charge in [-0.1, -0.05) is 46.9 Å². The van der Waals surface area contributed by atoms with Crippen molar-refractivity contribution in [3.63, 3.8) is 0 Å². The minimum atomic E-state index is -4.87. The molecule has 3 rings (SSSR count). The van der Waals surface area contributed by atoms with Crippen LogP contribution in [0.15, 0.2) is 48.5 Å². The Morgan fingerprint density at radius 1 is 1.16 bits per heavy atom. The molecule has 1 amide bonds. The highest BCUT2D eigenvalue weighted by Gasteiger charge is 2.55. The number of nitrogens with zero attached hydrogens (tertiary/aromatic N) is 2. The van der Waals surface area contributed by atoms with E-state index < -0.39 is 25.2 Å². The Morgan fingerprint density at radius 3 is 2.48 bits per heavy atom. The number of hydrogen-bond donors (Lipinski definition) is 1. The second-order valence-corrected chi connectivity index (χ2v) is 5.73. The van der Waals surface area contributed by atoms with Crippen molar-refractivity contribution in [1.82, 2.24) is 10.0 Å². The fourth-order valence-electron chi connectivity index (χ4n) is 2.50. The fraction of sp³-hybridized carbons (Fsp3) is 0.188. The van der Waals surface area contributed by atoms with Gasteiger partial charge in [0.1, 0.15) is 5.75 Å². The van der Waals surface area contributed by atoms with Gasteiger partial charge in [0.25, 0.3) is 0 Å². The van der Waals surface area contributed by atoms with Gasteiger partial charge in [-0.25, -0.2) is 9.80 Å². The number of amides is 1. The summed E-state index contributed by atoms with van der Waals surface area (Å²) in [7, 11) is 0. The minimum Gasteiger partial charge on any atom is -0.508 e. The molecule has 1 unspecified atom stereocenters. The second kappa shape index (κ2) is 6.45. The number of halogens is 4.